The predicted octanol–water partition coefficient (Wildman–Crippen LogP) is 9.48. The van der Waals surface area contributed by atoms with Crippen molar-refractivity contribution in [1.82, 2.24) is 35.0 Å². The third-order valence-corrected chi connectivity index (χ3v) is 18.3. The van der Waals surface area contributed by atoms with Gasteiger partial charge in [-0.2, -0.15) is 9.97 Å². The summed E-state index contributed by atoms with van der Waals surface area (Å²) >= 11 is 0. The fourth-order valence-corrected chi connectivity index (χ4v) is 14.2. The summed E-state index contributed by atoms with van der Waals surface area (Å²) in [6.07, 6.45) is 8.47. The number of nitrogens with zero attached hydrogens (tertiary/aromatic N) is 8. The third kappa shape index (κ3) is 11.1. The molecule has 432 valence electrons. The highest BCUT2D eigenvalue weighted by atomic mass is 19.1. The van der Waals surface area contributed by atoms with Crippen LogP contribution in [-0.2, 0) is 25.5 Å². The number of methoxy groups -OCH3 is 1. The van der Waals surface area contributed by atoms with E-state index >= 15 is 17.6 Å². The second-order valence-electron chi connectivity index (χ2n) is 25.2. The zero-order valence-corrected chi connectivity index (χ0v) is 47.1. The number of imide groups is 1. The van der Waals surface area contributed by atoms with Crippen LogP contribution in [0, 0.1) is 28.3 Å². The van der Waals surface area contributed by atoms with E-state index in [2.05, 4.69) is 26.9 Å². The van der Waals surface area contributed by atoms with Gasteiger partial charge < -0.3 is 33.6 Å². The van der Waals surface area contributed by atoms with Crippen molar-refractivity contribution in [3.63, 3.8) is 0 Å². The molecule has 0 radical (unpaired) electrons. The van der Waals surface area contributed by atoms with Crippen LogP contribution in [0.4, 0.5) is 33.9 Å². The highest BCUT2D eigenvalue weighted by Gasteiger charge is 2.57. The molecule has 2 saturated carbocycles. The Hall–Kier alpha value is -6.38. The molecule has 3 atom stereocenters. The minimum Gasteiger partial charge on any atom is -0.468 e. The van der Waals surface area contributed by atoms with Crippen LogP contribution in [0.25, 0.3) is 32.9 Å². The van der Waals surface area contributed by atoms with Crippen LogP contribution in [0.1, 0.15) is 109 Å². The van der Waals surface area contributed by atoms with Gasteiger partial charge in [0.1, 0.15) is 45.7 Å². The number of alkyl halides is 1. The van der Waals surface area contributed by atoms with Crippen molar-refractivity contribution in [3.05, 3.63) is 77.2 Å². The standard InChI is InChI=1S/C61H73F4N9O7/c1-6-37-8-7-9-38-24-42(80-36-78-5)27-44(49(37)38)52-51(64)53-45(28-66-52)54(73-29-39-10-11-40(30-73)74(39)57(77)81-58(2,3)4)69-56(68-53)79-35-60(14-15-60)33-70-18-16-59(17-19-70)31-61(65,32-59)34-71-20-22-72(23-21-71)41-25-46(62)50(47(63)26-41)43-12-13-48(75)67-55(43)76/h7-9,24-28,39-40,43H,6,10-23,29-36H2,1-5H3,(H,67,75,76). The summed E-state index contributed by atoms with van der Waals surface area (Å²) in [5.41, 5.74) is -0.231. The molecule has 7 fully saturated rings. The Kier molecular flexibility index (Phi) is 14.6. The van der Waals surface area contributed by atoms with Crippen molar-refractivity contribution >= 4 is 51.1 Å². The van der Waals surface area contributed by atoms with E-state index in [0.717, 1.165) is 74.5 Å². The normalized spacial score (nSPS) is 23.5. The number of aromatic nitrogens is 3. The minimum absolute atomic E-state index is 0.0171. The number of amides is 3. The highest BCUT2D eigenvalue weighted by Crippen LogP contribution is 2.58. The molecule has 16 nitrogen and oxygen atoms in total. The molecular weight excluding hydrogens is 1050 g/mol. The number of rotatable bonds is 15. The van der Waals surface area contributed by atoms with Crippen LogP contribution >= 0.6 is 0 Å². The van der Waals surface area contributed by atoms with Gasteiger partial charge >= 0.3 is 12.1 Å². The topological polar surface area (TPSA) is 155 Å². The Morgan fingerprint density at radius 1 is 0.840 bits per heavy atom. The van der Waals surface area contributed by atoms with E-state index < -0.39 is 46.5 Å². The molecule has 5 aliphatic heterocycles. The van der Waals surface area contributed by atoms with Crippen LogP contribution < -0.4 is 24.6 Å². The van der Waals surface area contributed by atoms with Gasteiger partial charge in [-0.1, -0.05) is 25.1 Å². The van der Waals surface area contributed by atoms with Crippen LogP contribution in [0.15, 0.2) is 48.7 Å². The Balaban J connectivity index is 0.709. The molecule has 3 aromatic carbocycles. The first-order valence-electron chi connectivity index (χ1n) is 28.9. The Morgan fingerprint density at radius 2 is 1.54 bits per heavy atom. The number of benzene rings is 3. The number of halogens is 4. The van der Waals surface area contributed by atoms with Gasteiger partial charge in [-0.05, 0) is 144 Å². The van der Waals surface area contributed by atoms with Crippen molar-refractivity contribution in [2.24, 2.45) is 10.8 Å². The molecule has 20 heteroatoms. The minimum atomic E-state index is -1.30. The fourth-order valence-electron chi connectivity index (χ4n) is 14.2. The summed E-state index contributed by atoms with van der Waals surface area (Å²) in [5.74, 6) is -3.39. The average molecular weight is 1120 g/mol. The molecule has 2 bridgehead atoms. The van der Waals surface area contributed by atoms with Crippen LogP contribution in [0.3, 0.4) is 0 Å². The van der Waals surface area contributed by atoms with Crippen molar-refractivity contribution in [2.45, 2.75) is 128 Å². The molecule has 81 heavy (non-hydrogen) atoms. The van der Waals surface area contributed by atoms with Crippen molar-refractivity contribution in [3.8, 4) is 23.0 Å². The molecule has 5 aromatic rings. The molecule has 3 unspecified atom stereocenters. The first-order chi connectivity index (χ1) is 38.8. The molecular formula is C61H73F4N9O7. The van der Waals surface area contributed by atoms with E-state index in [9.17, 15) is 14.4 Å². The van der Waals surface area contributed by atoms with Crippen LogP contribution in [0.5, 0.6) is 11.8 Å². The molecule has 12 rings (SSSR count). The van der Waals surface area contributed by atoms with E-state index in [1.807, 2.05) is 54.8 Å². The van der Waals surface area contributed by atoms with Gasteiger partial charge in [0.2, 0.25) is 11.8 Å². The number of carbonyl (C=O) groups is 3. The second kappa shape index (κ2) is 21.4. The Morgan fingerprint density at radius 3 is 2.20 bits per heavy atom. The number of likely N-dealkylation sites (tertiary alicyclic amines) is 1. The van der Waals surface area contributed by atoms with Crippen molar-refractivity contribution in [2.75, 3.05) is 95.8 Å². The lowest BCUT2D eigenvalue weighted by Crippen LogP contribution is -2.60. The lowest BCUT2D eigenvalue weighted by molar-refractivity contribution is -0.134. The maximum atomic E-state index is 17.7. The first-order valence-corrected chi connectivity index (χ1v) is 28.9. The molecule has 1 N–H and O–H groups in total. The monoisotopic (exact) mass is 1120 g/mol. The number of carbonyl (C=O) groups excluding carboxylic acids is 3. The summed E-state index contributed by atoms with van der Waals surface area (Å²) in [4.78, 5) is 62.7. The molecule has 5 saturated heterocycles. The number of hydrogen-bond donors (Lipinski definition) is 1. The van der Waals surface area contributed by atoms with Crippen molar-refractivity contribution in [1.29, 1.82) is 0 Å². The number of aryl methyl sites for hydroxylation is 1. The zero-order valence-electron chi connectivity index (χ0n) is 47.1. The number of piperazine rings is 2. The quantitative estimate of drug-likeness (QED) is 0.0601. The maximum absolute atomic E-state index is 17.7. The van der Waals surface area contributed by atoms with Gasteiger partial charge in [0.25, 0.3) is 0 Å². The van der Waals surface area contributed by atoms with E-state index in [0.29, 0.717) is 99.9 Å². The second-order valence-corrected chi connectivity index (χ2v) is 25.2. The van der Waals surface area contributed by atoms with E-state index in [1.54, 1.807) is 19.4 Å². The lowest BCUT2D eigenvalue weighted by Gasteiger charge is -2.57. The SMILES string of the molecule is CCc1cccc2cc(OCOC)cc(-c3ncc4c(N5CC6CCC(C5)N6C(=O)OC(C)(C)C)nc(OCC5(CN6CCC7(CC6)CC(F)(CN6CCN(c8cc(F)c(C9CCC(=O)NC9=O)c(F)c8)CC6)C7)CC5)nc4c3F)c12. The van der Waals surface area contributed by atoms with Gasteiger partial charge in [0, 0.05) is 94.3 Å². The van der Waals surface area contributed by atoms with Gasteiger partial charge in [-0.15, -0.1) is 0 Å². The Bertz CT molecular complexity index is 3220. The number of pyridine rings is 1. The van der Waals surface area contributed by atoms with Crippen LogP contribution in [0.2, 0.25) is 0 Å². The Labute approximate surface area is 469 Å². The first kappa shape index (κ1) is 55.2. The summed E-state index contributed by atoms with van der Waals surface area (Å²) in [6, 6.07) is 12.1. The largest absolute Gasteiger partial charge is 0.468 e. The van der Waals surface area contributed by atoms with Gasteiger partial charge in [-0.25, -0.2) is 22.4 Å². The van der Waals surface area contributed by atoms with E-state index in [-0.39, 0.29) is 71.4 Å². The number of ether oxygens (including phenoxy) is 4. The highest BCUT2D eigenvalue weighted by molar-refractivity contribution is 6.02. The van der Waals surface area contributed by atoms with Gasteiger partial charge in [0.15, 0.2) is 12.6 Å². The molecule has 2 aromatic heterocycles. The summed E-state index contributed by atoms with van der Waals surface area (Å²) in [6.45, 7) is 13.9. The molecule has 3 amide bonds. The number of fused-ring (bicyclic) bond motifs is 4. The number of piperidine rings is 2. The third-order valence-electron chi connectivity index (χ3n) is 18.3. The number of anilines is 2. The molecule has 2 aliphatic carbocycles. The van der Waals surface area contributed by atoms with Gasteiger partial charge in [0.05, 0.1) is 30.0 Å². The molecule has 7 aliphatic rings. The number of hydrogen-bond acceptors (Lipinski definition) is 14. The fraction of sp³-hybridized carbons (Fsp3) is 0.574. The van der Waals surface area contributed by atoms with Crippen molar-refractivity contribution < 1.29 is 50.9 Å². The summed E-state index contributed by atoms with van der Waals surface area (Å²) in [5, 5.41) is 4.38. The smallest absolute Gasteiger partial charge is 0.410 e. The van der Waals surface area contributed by atoms with E-state index in [1.165, 1.54) is 12.1 Å². The summed E-state index contributed by atoms with van der Waals surface area (Å²) < 4.78 is 88.5. The number of nitrogens with one attached hydrogen (secondary N) is 1. The lowest BCUT2D eigenvalue weighted by atomic mass is 9.55. The maximum Gasteiger partial charge on any atom is 0.410 e. The zero-order chi connectivity index (χ0) is 56.6. The van der Waals surface area contributed by atoms with E-state index in [4.69, 9.17) is 33.9 Å². The molecule has 7 heterocycles. The predicted molar refractivity (Wildman–Crippen MR) is 298 cm³/mol. The molecule has 1 spiro atoms. The average Bonchev–Trinajstić information content (AvgIpc) is 3.95. The van der Waals surface area contributed by atoms with Crippen LogP contribution in [-0.4, -0.2) is 157 Å². The van der Waals surface area contributed by atoms with Gasteiger partial charge in [-0.3, -0.25) is 29.7 Å². The summed E-state index contributed by atoms with van der Waals surface area (Å²) in [7, 11) is 1.55.